The molecule has 5 rings (SSSR count). The second kappa shape index (κ2) is 11.9. The van der Waals surface area contributed by atoms with Crippen molar-refractivity contribution in [3.8, 4) is 0 Å². The van der Waals surface area contributed by atoms with E-state index < -0.39 is 77.5 Å². The fourth-order valence-electron chi connectivity index (χ4n) is 11.1. The maximum Gasteiger partial charge on any atom is 0.187 e. The van der Waals surface area contributed by atoms with Gasteiger partial charge < -0.3 is 45.2 Å². The van der Waals surface area contributed by atoms with Crippen LogP contribution < -0.4 is 0 Å². The number of hydrogen-bond donors (Lipinski definition) is 7. The van der Waals surface area contributed by atoms with Gasteiger partial charge in [0.2, 0.25) is 0 Å². The molecule has 1 aliphatic heterocycles. The van der Waals surface area contributed by atoms with E-state index in [0.717, 1.165) is 30.4 Å². The molecule has 0 aromatic rings. The number of hydrogen-bond acceptors (Lipinski definition) is 9. The van der Waals surface area contributed by atoms with Crippen molar-refractivity contribution in [2.45, 2.75) is 155 Å². The van der Waals surface area contributed by atoms with Crippen molar-refractivity contribution >= 4 is 0 Å². The van der Waals surface area contributed by atoms with Crippen LogP contribution in [0.4, 0.5) is 0 Å². The molecule has 0 aromatic heterocycles. The van der Waals surface area contributed by atoms with Crippen molar-refractivity contribution in [2.75, 3.05) is 6.61 Å². The number of aliphatic hydroxyl groups is 7. The van der Waals surface area contributed by atoms with Crippen LogP contribution in [0.15, 0.2) is 23.3 Å². The van der Waals surface area contributed by atoms with Crippen molar-refractivity contribution < 1.29 is 45.2 Å². The molecule has 258 valence electrons. The largest absolute Gasteiger partial charge is 0.394 e. The summed E-state index contributed by atoms with van der Waals surface area (Å²) in [4.78, 5) is 0. The molecule has 15 atom stereocenters. The molecule has 1 heterocycles. The molecular weight excluding hydrogens is 576 g/mol. The lowest BCUT2D eigenvalue weighted by Crippen LogP contribution is -2.68. The molecule has 9 nitrogen and oxygen atoms in total. The summed E-state index contributed by atoms with van der Waals surface area (Å²) in [5.41, 5.74) is -0.398. The molecular formula is C36H60O9. The summed E-state index contributed by atoms with van der Waals surface area (Å²) in [6.45, 7) is 16.4. The van der Waals surface area contributed by atoms with Crippen molar-refractivity contribution in [3.05, 3.63) is 23.3 Å². The Morgan fingerprint density at radius 1 is 0.978 bits per heavy atom. The molecule has 0 bridgehead atoms. The van der Waals surface area contributed by atoms with E-state index in [-0.39, 0.29) is 23.2 Å². The van der Waals surface area contributed by atoms with Crippen LogP contribution in [0.3, 0.4) is 0 Å². The molecule has 9 heteroatoms. The van der Waals surface area contributed by atoms with Gasteiger partial charge in [0.25, 0.3) is 0 Å². The number of rotatable bonds is 7. The Balaban J connectivity index is 1.54. The van der Waals surface area contributed by atoms with E-state index in [1.807, 2.05) is 26.8 Å². The average molecular weight is 637 g/mol. The summed E-state index contributed by atoms with van der Waals surface area (Å²) in [6, 6.07) is 0. The van der Waals surface area contributed by atoms with E-state index in [2.05, 4.69) is 40.7 Å². The summed E-state index contributed by atoms with van der Waals surface area (Å²) in [5, 5.41) is 77.0. The highest BCUT2D eigenvalue weighted by molar-refractivity contribution is 5.36. The third kappa shape index (κ3) is 5.23. The summed E-state index contributed by atoms with van der Waals surface area (Å²) in [6.07, 6.45) is 0.100. The summed E-state index contributed by atoms with van der Waals surface area (Å²) in [5.74, 6) is -0.385. The Labute approximate surface area is 269 Å². The Morgan fingerprint density at radius 2 is 1.64 bits per heavy atom. The van der Waals surface area contributed by atoms with Crippen molar-refractivity contribution in [2.24, 2.45) is 39.4 Å². The lowest BCUT2D eigenvalue weighted by Gasteiger charge is -2.69. The fraction of sp³-hybridized carbons (Fsp3) is 0.889. The summed E-state index contributed by atoms with van der Waals surface area (Å²) >= 11 is 0. The standard InChI is InChI=1S/C36H60O9/c1-19(2)10-9-13-35(7,45-31-30(43)29(42)28(41)22(18-37)44-31)20-11-15-34(6)27(20)21(38)16-24-33(5)14-12-25(39)32(3,4)23(33)17-26(40)36(24,34)8/h10,17,20-22,24-31,37-43H,9,11-16,18H2,1-8H3/t20-,21+,22+,24+,25-,26-,27-,28+,29-,30+,31-,33-,34+,35-,36-/m0/s1. The number of aliphatic hydroxyl groups excluding tert-OH is 7. The maximum atomic E-state index is 12.2. The zero-order valence-electron chi connectivity index (χ0n) is 28.6. The number of ether oxygens (including phenoxy) is 2. The van der Waals surface area contributed by atoms with Crippen molar-refractivity contribution in [3.63, 3.8) is 0 Å². The van der Waals surface area contributed by atoms with Crippen LogP contribution in [0.5, 0.6) is 0 Å². The SMILES string of the molecule is CC(C)=CCC[C@](C)(O[C@@H]1O[C@H](CO)[C@@H](O)[C@H](O)[C@H]1O)[C@H]1CC[C@]2(C)[C@@H]1[C@H](O)C[C@H]1[C@@]2(C)[C@@H](O)C=C2C(C)(C)[C@@H](O)CC[C@@]21C. The fourth-order valence-corrected chi connectivity index (χ4v) is 11.1. The molecule has 0 spiro atoms. The van der Waals surface area contributed by atoms with Gasteiger partial charge in [-0.05, 0) is 94.3 Å². The topological polar surface area (TPSA) is 160 Å². The van der Waals surface area contributed by atoms with E-state index >= 15 is 0 Å². The van der Waals surface area contributed by atoms with Crippen molar-refractivity contribution in [1.29, 1.82) is 0 Å². The zero-order valence-corrected chi connectivity index (χ0v) is 28.6. The molecule has 3 saturated carbocycles. The van der Waals surface area contributed by atoms with Gasteiger partial charge in [-0.2, -0.15) is 0 Å². The zero-order chi connectivity index (χ0) is 33.5. The minimum Gasteiger partial charge on any atom is -0.394 e. The second-order valence-electron chi connectivity index (χ2n) is 16.9. The predicted octanol–water partition coefficient (Wildman–Crippen LogP) is 3.22. The molecule has 0 amide bonds. The van der Waals surface area contributed by atoms with Crippen LogP contribution in [0.1, 0.15) is 100 Å². The summed E-state index contributed by atoms with van der Waals surface area (Å²) in [7, 11) is 0. The third-order valence-electron chi connectivity index (χ3n) is 14.0. The molecule has 0 unspecified atom stereocenters. The highest BCUT2D eigenvalue weighted by Crippen LogP contribution is 2.74. The van der Waals surface area contributed by atoms with Crippen LogP contribution in [0, 0.1) is 39.4 Å². The van der Waals surface area contributed by atoms with Gasteiger partial charge in [0, 0.05) is 10.8 Å². The predicted molar refractivity (Wildman–Crippen MR) is 170 cm³/mol. The van der Waals surface area contributed by atoms with Crippen LogP contribution in [-0.2, 0) is 9.47 Å². The first kappa shape index (κ1) is 35.4. The Kier molecular flexibility index (Phi) is 9.38. The minimum atomic E-state index is -1.55. The monoisotopic (exact) mass is 636 g/mol. The van der Waals surface area contributed by atoms with E-state index in [1.54, 1.807) is 0 Å². The molecule has 0 aromatic carbocycles. The smallest absolute Gasteiger partial charge is 0.187 e. The average Bonchev–Trinajstić information content (AvgIpc) is 3.35. The number of allylic oxidation sites excluding steroid dienone is 2. The van der Waals surface area contributed by atoms with Gasteiger partial charge in [0.1, 0.15) is 24.4 Å². The van der Waals surface area contributed by atoms with E-state index in [0.29, 0.717) is 25.7 Å². The van der Waals surface area contributed by atoms with Crippen LogP contribution in [0.25, 0.3) is 0 Å². The highest BCUT2D eigenvalue weighted by atomic mass is 16.7. The van der Waals surface area contributed by atoms with E-state index in [9.17, 15) is 35.7 Å². The molecule has 4 fully saturated rings. The minimum absolute atomic E-state index is 0.00470. The number of fused-ring (bicyclic) bond motifs is 5. The first-order valence-corrected chi connectivity index (χ1v) is 17.2. The normalized spacial score (nSPS) is 50.5. The lowest BCUT2D eigenvalue weighted by atomic mass is 9.37. The maximum absolute atomic E-state index is 12.2. The quantitative estimate of drug-likeness (QED) is 0.208. The molecule has 1 saturated heterocycles. The van der Waals surface area contributed by atoms with Gasteiger partial charge in [0.05, 0.1) is 30.5 Å². The first-order chi connectivity index (χ1) is 20.8. The molecule has 4 aliphatic carbocycles. The molecule has 5 aliphatic rings. The third-order valence-corrected chi connectivity index (χ3v) is 14.0. The van der Waals surface area contributed by atoms with E-state index in [4.69, 9.17) is 9.47 Å². The van der Waals surface area contributed by atoms with Crippen LogP contribution >= 0.6 is 0 Å². The second-order valence-corrected chi connectivity index (χ2v) is 16.9. The first-order valence-electron chi connectivity index (χ1n) is 17.2. The molecule has 45 heavy (non-hydrogen) atoms. The van der Waals surface area contributed by atoms with Gasteiger partial charge >= 0.3 is 0 Å². The van der Waals surface area contributed by atoms with Crippen molar-refractivity contribution in [1.82, 2.24) is 0 Å². The Morgan fingerprint density at radius 3 is 2.27 bits per heavy atom. The van der Waals surface area contributed by atoms with Gasteiger partial charge in [0.15, 0.2) is 6.29 Å². The van der Waals surface area contributed by atoms with Gasteiger partial charge in [-0.25, -0.2) is 0 Å². The van der Waals surface area contributed by atoms with Crippen LogP contribution in [-0.4, -0.2) is 97.0 Å². The Hall–Kier alpha value is -0.880. The van der Waals surface area contributed by atoms with Gasteiger partial charge in [-0.1, -0.05) is 57.9 Å². The molecule has 0 radical (unpaired) electrons. The van der Waals surface area contributed by atoms with Gasteiger partial charge in [-0.15, -0.1) is 0 Å². The van der Waals surface area contributed by atoms with Gasteiger partial charge in [-0.3, -0.25) is 0 Å². The Bertz CT molecular complexity index is 1160. The van der Waals surface area contributed by atoms with E-state index in [1.165, 1.54) is 0 Å². The molecule has 7 N–H and O–H groups in total. The van der Waals surface area contributed by atoms with Crippen LogP contribution in [0.2, 0.25) is 0 Å². The summed E-state index contributed by atoms with van der Waals surface area (Å²) < 4.78 is 12.5. The lowest BCUT2D eigenvalue weighted by molar-refractivity contribution is -0.336. The highest BCUT2D eigenvalue weighted by Gasteiger charge is 2.72.